The molecule has 0 amide bonds. The van der Waals surface area contributed by atoms with Crippen LogP contribution in [0.1, 0.15) is 12.5 Å². The van der Waals surface area contributed by atoms with Gasteiger partial charge in [0.05, 0.1) is 11.1 Å². The second-order valence-electron chi connectivity index (χ2n) is 7.62. The minimum atomic E-state index is -0.181. The Bertz CT molecular complexity index is 1220. The van der Waals surface area contributed by atoms with Crippen LogP contribution >= 0.6 is 22.9 Å². The summed E-state index contributed by atoms with van der Waals surface area (Å²) in [5, 5.41) is 3.43. The lowest BCUT2D eigenvalue weighted by atomic mass is 10.0. The summed E-state index contributed by atoms with van der Waals surface area (Å²) < 4.78 is 14.2. The van der Waals surface area contributed by atoms with Gasteiger partial charge in [-0.05, 0) is 41.3 Å². The number of anilines is 2. The molecule has 2 aromatic carbocycles. The van der Waals surface area contributed by atoms with Gasteiger partial charge in [0.2, 0.25) is 5.28 Å². The van der Waals surface area contributed by atoms with Crippen LogP contribution in [-0.2, 0) is 6.42 Å². The van der Waals surface area contributed by atoms with E-state index < -0.39 is 0 Å². The van der Waals surface area contributed by atoms with Gasteiger partial charge in [-0.1, -0.05) is 43.3 Å². The number of nitrogens with zero attached hydrogens (tertiary/aromatic N) is 4. The van der Waals surface area contributed by atoms with Crippen molar-refractivity contribution in [2.75, 3.05) is 36.0 Å². The molecule has 0 atom stereocenters. The molecule has 0 unspecified atom stereocenters. The first-order valence-electron chi connectivity index (χ1n) is 10.4. The van der Waals surface area contributed by atoms with Gasteiger partial charge < -0.3 is 9.80 Å². The molecule has 7 heteroatoms. The van der Waals surface area contributed by atoms with Crippen LogP contribution in [0.4, 0.5) is 15.9 Å². The van der Waals surface area contributed by atoms with Crippen LogP contribution in [0.3, 0.4) is 0 Å². The van der Waals surface area contributed by atoms with Crippen molar-refractivity contribution < 1.29 is 4.39 Å². The summed E-state index contributed by atoms with van der Waals surface area (Å²) in [7, 11) is 0. The smallest absolute Gasteiger partial charge is 0.225 e. The standard InChI is InChI=1S/C24H22ClFN4S/c1-2-16-7-9-17(10-8-16)18-15-31-23-21(18)22(27-24(25)28-23)30-13-11-29(12-14-30)20-6-4-3-5-19(20)26/h3-10,15H,2,11-14H2,1H3. The summed E-state index contributed by atoms with van der Waals surface area (Å²) in [6, 6.07) is 15.6. The third kappa shape index (κ3) is 3.86. The Morgan fingerprint density at radius 1 is 0.968 bits per heavy atom. The Morgan fingerprint density at radius 2 is 1.68 bits per heavy atom. The maximum absolute atomic E-state index is 14.2. The van der Waals surface area contributed by atoms with Crippen molar-refractivity contribution in [2.24, 2.45) is 0 Å². The van der Waals surface area contributed by atoms with Gasteiger partial charge in [-0.2, -0.15) is 4.98 Å². The lowest BCUT2D eigenvalue weighted by Gasteiger charge is -2.37. The van der Waals surface area contributed by atoms with E-state index in [-0.39, 0.29) is 11.1 Å². The van der Waals surface area contributed by atoms with Crippen molar-refractivity contribution in [2.45, 2.75) is 13.3 Å². The second-order valence-corrected chi connectivity index (χ2v) is 8.82. The van der Waals surface area contributed by atoms with Gasteiger partial charge in [0.1, 0.15) is 16.5 Å². The zero-order valence-electron chi connectivity index (χ0n) is 17.2. The predicted molar refractivity (Wildman–Crippen MR) is 128 cm³/mol. The van der Waals surface area contributed by atoms with Crippen LogP contribution in [0.5, 0.6) is 0 Å². The van der Waals surface area contributed by atoms with Crippen molar-refractivity contribution >= 4 is 44.7 Å². The Balaban J connectivity index is 1.48. The van der Waals surface area contributed by atoms with Crippen LogP contribution < -0.4 is 9.80 Å². The molecule has 0 bridgehead atoms. The van der Waals surface area contributed by atoms with Crippen LogP contribution in [0.2, 0.25) is 5.28 Å². The largest absolute Gasteiger partial charge is 0.366 e. The van der Waals surface area contributed by atoms with Gasteiger partial charge in [0, 0.05) is 37.1 Å². The molecule has 4 nitrogen and oxygen atoms in total. The Kier molecular flexibility index (Phi) is 5.50. The first-order valence-corrected chi connectivity index (χ1v) is 11.7. The van der Waals surface area contributed by atoms with Crippen molar-refractivity contribution in [3.63, 3.8) is 0 Å². The lowest BCUT2D eigenvalue weighted by molar-refractivity contribution is 0.596. The summed E-state index contributed by atoms with van der Waals surface area (Å²) in [6.07, 6.45) is 1.01. The van der Waals surface area contributed by atoms with Gasteiger partial charge in [-0.25, -0.2) is 9.37 Å². The molecule has 0 radical (unpaired) electrons. The number of piperazine rings is 1. The van der Waals surface area contributed by atoms with Crippen LogP contribution in [0, 0.1) is 5.82 Å². The monoisotopic (exact) mass is 452 g/mol. The van der Waals surface area contributed by atoms with Crippen molar-refractivity contribution in [1.82, 2.24) is 9.97 Å². The van der Waals surface area contributed by atoms with Gasteiger partial charge in [-0.3, -0.25) is 0 Å². The van der Waals surface area contributed by atoms with E-state index in [0.717, 1.165) is 46.7 Å². The van der Waals surface area contributed by atoms with Crippen LogP contribution in [0.25, 0.3) is 21.3 Å². The van der Waals surface area contributed by atoms with E-state index in [2.05, 4.69) is 56.3 Å². The molecule has 5 rings (SSSR count). The maximum Gasteiger partial charge on any atom is 0.225 e. The number of benzene rings is 2. The first kappa shape index (κ1) is 20.2. The molecule has 1 aliphatic rings. The summed E-state index contributed by atoms with van der Waals surface area (Å²) in [5.41, 5.74) is 4.25. The fraction of sp³-hybridized carbons (Fsp3) is 0.250. The van der Waals surface area contributed by atoms with E-state index in [9.17, 15) is 4.39 Å². The first-order chi connectivity index (χ1) is 15.1. The highest BCUT2D eigenvalue weighted by Crippen LogP contribution is 2.39. The van der Waals surface area contributed by atoms with Crippen LogP contribution in [0.15, 0.2) is 53.9 Å². The van der Waals surface area contributed by atoms with E-state index >= 15 is 0 Å². The lowest BCUT2D eigenvalue weighted by Crippen LogP contribution is -2.47. The molecule has 1 saturated heterocycles. The molecule has 0 aliphatic carbocycles. The van der Waals surface area contributed by atoms with Crippen molar-refractivity contribution in [3.8, 4) is 11.1 Å². The highest BCUT2D eigenvalue weighted by Gasteiger charge is 2.24. The Labute approximate surface area is 189 Å². The number of thiophene rings is 1. The third-order valence-electron chi connectivity index (χ3n) is 5.83. The Hall–Kier alpha value is -2.70. The molecule has 4 aromatic rings. The van der Waals surface area contributed by atoms with Crippen LogP contribution in [-0.4, -0.2) is 36.1 Å². The molecule has 0 saturated carbocycles. The summed E-state index contributed by atoms with van der Waals surface area (Å²) in [5.74, 6) is 0.679. The molecule has 0 spiro atoms. The minimum Gasteiger partial charge on any atom is -0.366 e. The van der Waals surface area contributed by atoms with Crippen molar-refractivity contribution in [1.29, 1.82) is 0 Å². The van der Waals surface area contributed by atoms with E-state index in [1.54, 1.807) is 17.4 Å². The Morgan fingerprint density at radius 3 is 2.39 bits per heavy atom. The zero-order chi connectivity index (χ0) is 21.4. The quantitative estimate of drug-likeness (QED) is 0.353. The molecule has 31 heavy (non-hydrogen) atoms. The van der Waals surface area contributed by atoms with Crippen molar-refractivity contribution in [3.05, 3.63) is 70.6 Å². The summed E-state index contributed by atoms with van der Waals surface area (Å²) >= 11 is 7.87. The fourth-order valence-corrected chi connectivity index (χ4v) is 5.28. The highest BCUT2D eigenvalue weighted by atomic mass is 35.5. The minimum absolute atomic E-state index is 0.181. The highest BCUT2D eigenvalue weighted by molar-refractivity contribution is 7.17. The predicted octanol–water partition coefficient (Wildman–Crippen LogP) is 6.04. The number of hydrogen-bond acceptors (Lipinski definition) is 5. The molecular formula is C24H22ClFN4S. The number of halogens is 2. The molecule has 1 fully saturated rings. The van der Waals surface area contributed by atoms with Gasteiger partial charge in [0.15, 0.2) is 0 Å². The topological polar surface area (TPSA) is 32.3 Å². The number of aromatic nitrogens is 2. The zero-order valence-corrected chi connectivity index (χ0v) is 18.8. The second kappa shape index (κ2) is 8.44. The molecule has 0 N–H and O–H groups in total. The molecular weight excluding hydrogens is 431 g/mol. The molecule has 2 aromatic heterocycles. The summed E-state index contributed by atoms with van der Waals surface area (Å²) in [4.78, 5) is 14.3. The number of rotatable bonds is 4. The maximum atomic E-state index is 14.2. The van der Waals surface area contributed by atoms with Gasteiger partial charge in [-0.15, -0.1) is 11.3 Å². The molecule has 158 valence electrons. The number of para-hydroxylation sites is 1. The number of fused-ring (bicyclic) bond motifs is 1. The molecule has 1 aliphatic heterocycles. The normalized spacial score (nSPS) is 14.4. The van der Waals surface area contributed by atoms with E-state index in [4.69, 9.17) is 11.6 Å². The fourth-order valence-electron chi connectivity index (χ4n) is 4.13. The van der Waals surface area contributed by atoms with E-state index in [1.165, 1.54) is 11.6 Å². The van der Waals surface area contributed by atoms with E-state index in [1.807, 2.05) is 12.1 Å². The summed E-state index contributed by atoms with van der Waals surface area (Å²) in [6.45, 7) is 5.06. The average molecular weight is 453 g/mol. The number of aryl methyl sites for hydroxylation is 1. The third-order valence-corrected chi connectivity index (χ3v) is 6.87. The SMILES string of the molecule is CCc1ccc(-c2csc3nc(Cl)nc(N4CCN(c5ccccc5F)CC4)c23)cc1. The number of hydrogen-bond donors (Lipinski definition) is 0. The average Bonchev–Trinajstić information content (AvgIpc) is 3.23. The van der Waals surface area contributed by atoms with E-state index in [0.29, 0.717) is 18.8 Å². The van der Waals surface area contributed by atoms with Gasteiger partial charge in [0.25, 0.3) is 0 Å². The molecule has 3 heterocycles. The van der Waals surface area contributed by atoms with Gasteiger partial charge >= 0.3 is 0 Å².